The molecule has 0 atom stereocenters. The number of halogens is 1. The fraction of sp³-hybridized carbons (Fsp3) is 0.235. The topological polar surface area (TPSA) is 17.1 Å². The molecule has 0 aliphatic rings. The minimum atomic E-state index is -0.376. The van der Waals surface area contributed by atoms with Crippen LogP contribution in [0, 0.1) is 12.7 Å². The zero-order chi connectivity index (χ0) is 13.8. The molecule has 0 amide bonds. The molecule has 0 aliphatic heterocycles. The summed E-state index contributed by atoms with van der Waals surface area (Å²) in [5, 5.41) is 0. The molecule has 19 heavy (non-hydrogen) atoms. The van der Waals surface area contributed by atoms with Gasteiger partial charge in [0, 0.05) is 11.1 Å². The maximum absolute atomic E-state index is 13.3. The fourth-order valence-corrected chi connectivity index (χ4v) is 2.15. The molecule has 0 aromatic heterocycles. The summed E-state index contributed by atoms with van der Waals surface area (Å²) in [6.45, 7) is 3.92. The molecule has 98 valence electrons. The Morgan fingerprint density at radius 1 is 1.16 bits per heavy atom. The number of hydrogen-bond donors (Lipinski definition) is 0. The Labute approximate surface area is 113 Å². The van der Waals surface area contributed by atoms with Crippen LogP contribution in [0.3, 0.4) is 0 Å². The van der Waals surface area contributed by atoms with Crippen molar-refractivity contribution in [1.29, 1.82) is 0 Å². The van der Waals surface area contributed by atoms with E-state index in [4.69, 9.17) is 0 Å². The van der Waals surface area contributed by atoms with Gasteiger partial charge in [0.2, 0.25) is 0 Å². The molecule has 1 nitrogen and oxygen atoms in total. The molecule has 0 N–H and O–H groups in total. The standard InChI is InChI=1S/C17H17FO/c1-3-5-13-6-4-7-14(10-13)17(19)16-11-15(18)9-8-12(16)2/h4,6-11H,3,5H2,1-2H3. The Morgan fingerprint density at radius 3 is 2.68 bits per heavy atom. The number of benzene rings is 2. The Hall–Kier alpha value is -1.96. The van der Waals surface area contributed by atoms with Crippen molar-refractivity contribution in [3.05, 3.63) is 70.5 Å². The zero-order valence-corrected chi connectivity index (χ0v) is 11.2. The van der Waals surface area contributed by atoms with Crippen molar-refractivity contribution >= 4 is 5.78 Å². The summed E-state index contributed by atoms with van der Waals surface area (Å²) < 4.78 is 13.3. The second-order valence-corrected chi connectivity index (χ2v) is 4.74. The Kier molecular flexibility index (Phi) is 4.10. The van der Waals surface area contributed by atoms with Crippen LogP contribution in [0.25, 0.3) is 0 Å². The molecule has 0 bridgehead atoms. The van der Waals surface area contributed by atoms with Crippen molar-refractivity contribution < 1.29 is 9.18 Å². The first-order chi connectivity index (χ1) is 9.11. The number of hydrogen-bond acceptors (Lipinski definition) is 1. The number of aryl methyl sites for hydroxylation is 2. The van der Waals surface area contributed by atoms with Gasteiger partial charge in [0.1, 0.15) is 5.82 Å². The molecule has 0 saturated heterocycles. The number of carbonyl (C=O) groups excluding carboxylic acids is 1. The number of ketones is 1. The van der Waals surface area contributed by atoms with Gasteiger partial charge in [-0.1, -0.05) is 37.6 Å². The van der Waals surface area contributed by atoms with Crippen molar-refractivity contribution in [2.45, 2.75) is 26.7 Å². The summed E-state index contributed by atoms with van der Waals surface area (Å²) in [6, 6.07) is 11.9. The van der Waals surface area contributed by atoms with Gasteiger partial charge in [-0.2, -0.15) is 0 Å². The minimum absolute atomic E-state index is 0.116. The van der Waals surface area contributed by atoms with E-state index in [9.17, 15) is 9.18 Å². The highest BCUT2D eigenvalue weighted by Gasteiger charge is 2.13. The zero-order valence-electron chi connectivity index (χ0n) is 11.2. The van der Waals surface area contributed by atoms with Crippen LogP contribution in [0.15, 0.2) is 42.5 Å². The van der Waals surface area contributed by atoms with Crippen LogP contribution >= 0.6 is 0 Å². The van der Waals surface area contributed by atoms with Gasteiger partial charge in [0.05, 0.1) is 0 Å². The SMILES string of the molecule is CCCc1cccc(C(=O)c2cc(F)ccc2C)c1. The molecule has 2 aromatic rings. The lowest BCUT2D eigenvalue weighted by Gasteiger charge is -2.07. The van der Waals surface area contributed by atoms with E-state index in [1.165, 1.54) is 12.1 Å². The smallest absolute Gasteiger partial charge is 0.193 e. The van der Waals surface area contributed by atoms with Gasteiger partial charge in [-0.15, -0.1) is 0 Å². The molecule has 0 fully saturated rings. The van der Waals surface area contributed by atoms with Crippen LogP contribution in [0.5, 0.6) is 0 Å². The van der Waals surface area contributed by atoms with Gasteiger partial charge >= 0.3 is 0 Å². The highest BCUT2D eigenvalue weighted by Crippen LogP contribution is 2.17. The summed E-state index contributed by atoms with van der Waals surface area (Å²) in [7, 11) is 0. The van der Waals surface area contributed by atoms with E-state index in [1.807, 2.05) is 25.1 Å². The van der Waals surface area contributed by atoms with E-state index in [0.29, 0.717) is 11.1 Å². The molecule has 2 heteroatoms. The lowest BCUT2D eigenvalue weighted by atomic mass is 9.97. The summed E-state index contributed by atoms with van der Waals surface area (Å²) >= 11 is 0. The van der Waals surface area contributed by atoms with Crippen molar-refractivity contribution in [3.8, 4) is 0 Å². The van der Waals surface area contributed by atoms with E-state index in [1.54, 1.807) is 12.1 Å². The van der Waals surface area contributed by atoms with Crippen molar-refractivity contribution in [2.75, 3.05) is 0 Å². The van der Waals surface area contributed by atoms with Gasteiger partial charge in [-0.05, 0) is 42.7 Å². The lowest BCUT2D eigenvalue weighted by Crippen LogP contribution is -2.05. The van der Waals surface area contributed by atoms with E-state index in [0.717, 1.165) is 24.0 Å². The number of carbonyl (C=O) groups is 1. The highest BCUT2D eigenvalue weighted by atomic mass is 19.1. The molecule has 0 heterocycles. The third kappa shape index (κ3) is 3.08. The molecule has 2 aromatic carbocycles. The maximum Gasteiger partial charge on any atom is 0.193 e. The summed E-state index contributed by atoms with van der Waals surface area (Å²) in [6.07, 6.45) is 1.99. The van der Waals surface area contributed by atoms with Crippen LogP contribution in [0.4, 0.5) is 4.39 Å². The van der Waals surface area contributed by atoms with Gasteiger partial charge < -0.3 is 0 Å². The fourth-order valence-electron chi connectivity index (χ4n) is 2.15. The number of rotatable bonds is 4. The average Bonchev–Trinajstić information content (AvgIpc) is 2.41. The quantitative estimate of drug-likeness (QED) is 0.745. The van der Waals surface area contributed by atoms with Gasteiger partial charge in [0.15, 0.2) is 5.78 Å². The third-order valence-corrected chi connectivity index (χ3v) is 3.17. The Morgan fingerprint density at radius 2 is 1.95 bits per heavy atom. The lowest BCUT2D eigenvalue weighted by molar-refractivity contribution is 0.103. The first kappa shape index (κ1) is 13.5. The first-order valence-corrected chi connectivity index (χ1v) is 6.51. The third-order valence-electron chi connectivity index (χ3n) is 3.17. The van der Waals surface area contributed by atoms with Crippen LogP contribution in [-0.4, -0.2) is 5.78 Å². The molecule has 2 rings (SSSR count). The van der Waals surface area contributed by atoms with E-state index < -0.39 is 0 Å². The summed E-state index contributed by atoms with van der Waals surface area (Å²) in [5.74, 6) is -0.492. The predicted molar refractivity (Wildman–Crippen MR) is 75.0 cm³/mol. The first-order valence-electron chi connectivity index (χ1n) is 6.51. The largest absolute Gasteiger partial charge is 0.289 e. The second-order valence-electron chi connectivity index (χ2n) is 4.74. The van der Waals surface area contributed by atoms with Crippen LogP contribution in [-0.2, 0) is 6.42 Å². The van der Waals surface area contributed by atoms with Crippen molar-refractivity contribution in [3.63, 3.8) is 0 Å². The molecular formula is C17H17FO. The van der Waals surface area contributed by atoms with Gasteiger partial charge in [-0.25, -0.2) is 4.39 Å². The molecule has 0 unspecified atom stereocenters. The van der Waals surface area contributed by atoms with Crippen LogP contribution in [0.1, 0.15) is 40.4 Å². The normalized spacial score (nSPS) is 10.5. The Balaban J connectivity index is 2.38. The molecule has 0 aliphatic carbocycles. The summed E-state index contributed by atoms with van der Waals surface area (Å²) in [4.78, 5) is 12.4. The minimum Gasteiger partial charge on any atom is -0.289 e. The molecule has 0 radical (unpaired) electrons. The van der Waals surface area contributed by atoms with E-state index in [2.05, 4.69) is 6.92 Å². The van der Waals surface area contributed by atoms with Gasteiger partial charge in [-0.3, -0.25) is 4.79 Å². The molecule has 0 saturated carbocycles. The summed E-state index contributed by atoms with van der Waals surface area (Å²) in [5.41, 5.74) is 3.00. The predicted octanol–water partition coefficient (Wildman–Crippen LogP) is 4.32. The molecular weight excluding hydrogens is 239 g/mol. The molecule has 0 spiro atoms. The average molecular weight is 256 g/mol. The van der Waals surface area contributed by atoms with Crippen LogP contribution < -0.4 is 0 Å². The second kappa shape index (κ2) is 5.79. The van der Waals surface area contributed by atoms with E-state index >= 15 is 0 Å². The van der Waals surface area contributed by atoms with Crippen molar-refractivity contribution in [2.24, 2.45) is 0 Å². The Bertz CT molecular complexity index is 602. The highest BCUT2D eigenvalue weighted by molar-refractivity contribution is 6.09. The van der Waals surface area contributed by atoms with Gasteiger partial charge in [0.25, 0.3) is 0 Å². The van der Waals surface area contributed by atoms with Crippen molar-refractivity contribution in [1.82, 2.24) is 0 Å². The monoisotopic (exact) mass is 256 g/mol. The van der Waals surface area contributed by atoms with Crippen LogP contribution in [0.2, 0.25) is 0 Å². The van der Waals surface area contributed by atoms with E-state index in [-0.39, 0.29) is 11.6 Å². The maximum atomic E-state index is 13.3.